The van der Waals surface area contributed by atoms with E-state index < -0.39 is 0 Å². The highest BCUT2D eigenvalue weighted by Crippen LogP contribution is 2.32. The van der Waals surface area contributed by atoms with Crippen molar-refractivity contribution in [3.05, 3.63) is 62.9 Å². The summed E-state index contributed by atoms with van der Waals surface area (Å²) >= 11 is 2.40. The van der Waals surface area contributed by atoms with E-state index in [0.29, 0.717) is 13.2 Å². The zero-order valence-electron chi connectivity index (χ0n) is 12.1. The number of nitrogens with zero attached hydrogens (tertiary/aromatic N) is 1. The van der Waals surface area contributed by atoms with Crippen molar-refractivity contribution in [2.45, 2.75) is 13.1 Å². The Balaban J connectivity index is 1.53. The Bertz CT molecular complexity index is 742. The maximum atomic E-state index is 5.66. The van der Waals surface area contributed by atoms with Crippen LogP contribution in [0.15, 0.2) is 42.6 Å². The molecule has 0 amide bonds. The highest BCUT2D eigenvalue weighted by molar-refractivity contribution is 14.1. The summed E-state index contributed by atoms with van der Waals surface area (Å²) in [5, 5.41) is 0. The number of hydrogen-bond acceptors (Lipinski definition) is 3. The van der Waals surface area contributed by atoms with Gasteiger partial charge in [0.15, 0.2) is 11.5 Å². The van der Waals surface area contributed by atoms with Crippen molar-refractivity contribution in [3.63, 3.8) is 0 Å². The molecule has 0 spiro atoms. The van der Waals surface area contributed by atoms with E-state index in [0.717, 1.165) is 24.6 Å². The molecule has 0 unspecified atom stereocenters. The smallest absolute Gasteiger partial charge is 0.161 e. The van der Waals surface area contributed by atoms with Crippen LogP contribution in [0, 0.1) is 3.57 Å². The Hall–Kier alpha value is -1.69. The normalized spacial score (nSPS) is 15.6. The van der Waals surface area contributed by atoms with Gasteiger partial charge in [-0.3, -0.25) is 0 Å². The molecular formula is C18H16INO2. The summed E-state index contributed by atoms with van der Waals surface area (Å²) in [5.74, 6) is 1.71. The molecule has 3 nitrogen and oxygen atoms in total. The second kappa shape index (κ2) is 5.83. The minimum absolute atomic E-state index is 0.631. The van der Waals surface area contributed by atoms with Crippen LogP contribution in [0.3, 0.4) is 0 Å². The second-order valence-corrected chi connectivity index (χ2v) is 6.67. The van der Waals surface area contributed by atoms with E-state index in [2.05, 4.69) is 70.1 Å². The van der Waals surface area contributed by atoms with E-state index in [1.807, 2.05) is 6.07 Å². The Morgan fingerprint density at radius 3 is 2.82 bits per heavy atom. The molecule has 2 heterocycles. The summed E-state index contributed by atoms with van der Waals surface area (Å²) < 4.78 is 12.5. The SMILES string of the molecule is Ic1cccc2c1C=CN(Cc1ccc3c(c1)OCCO3)C2. The quantitative estimate of drug-likeness (QED) is 0.704. The van der Waals surface area contributed by atoms with Crippen molar-refractivity contribution in [1.29, 1.82) is 0 Å². The third-order valence-electron chi connectivity index (χ3n) is 3.96. The monoisotopic (exact) mass is 405 g/mol. The molecule has 0 atom stereocenters. The second-order valence-electron chi connectivity index (χ2n) is 5.51. The van der Waals surface area contributed by atoms with Crippen molar-refractivity contribution in [2.75, 3.05) is 13.2 Å². The first kappa shape index (κ1) is 13.9. The molecule has 112 valence electrons. The van der Waals surface area contributed by atoms with Crippen LogP contribution in [0.4, 0.5) is 0 Å². The van der Waals surface area contributed by atoms with Gasteiger partial charge >= 0.3 is 0 Å². The summed E-state index contributed by atoms with van der Waals surface area (Å²) in [7, 11) is 0. The summed E-state index contributed by atoms with van der Waals surface area (Å²) in [5.41, 5.74) is 3.97. The van der Waals surface area contributed by atoms with E-state index in [9.17, 15) is 0 Å². The summed E-state index contributed by atoms with van der Waals surface area (Å²) in [4.78, 5) is 2.32. The third-order valence-corrected chi connectivity index (χ3v) is 4.90. The molecule has 0 fully saturated rings. The van der Waals surface area contributed by atoms with Crippen LogP contribution in [-0.2, 0) is 13.1 Å². The zero-order chi connectivity index (χ0) is 14.9. The van der Waals surface area contributed by atoms with Crippen molar-refractivity contribution in [2.24, 2.45) is 0 Å². The van der Waals surface area contributed by atoms with Gasteiger partial charge in [0.1, 0.15) is 13.2 Å². The fourth-order valence-corrected chi connectivity index (χ4v) is 3.62. The van der Waals surface area contributed by atoms with Crippen molar-refractivity contribution in [1.82, 2.24) is 4.90 Å². The molecule has 0 saturated carbocycles. The van der Waals surface area contributed by atoms with Gasteiger partial charge < -0.3 is 14.4 Å². The molecule has 2 aliphatic rings. The first-order valence-electron chi connectivity index (χ1n) is 7.38. The van der Waals surface area contributed by atoms with E-state index in [1.54, 1.807) is 0 Å². The lowest BCUT2D eigenvalue weighted by atomic mass is 10.0. The van der Waals surface area contributed by atoms with Crippen molar-refractivity contribution >= 4 is 28.7 Å². The fraction of sp³-hybridized carbons (Fsp3) is 0.222. The Morgan fingerprint density at radius 2 is 1.91 bits per heavy atom. The minimum atomic E-state index is 0.631. The molecule has 0 aliphatic carbocycles. The van der Waals surface area contributed by atoms with Crippen molar-refractivity contribution < 1.29 is 9.47 Å². The van der Waals surface area contributed by atoms with Crippen LogP contribution in [0.25, 0.3) is 6.08 Å². The van der Waals surface area contributed by atoms with Gasteiger partial charge in [-0.2, -0.15) is 0 Å². The summed E-state index contributed by atoms with van der Waals surface area (Å²) in [6.07, 6.45) is 4.39. The maximum Gasteiger partial charge on any atom is 0.161 e. The first-order valence-corrected chi connectivity index (χ1v) is 8.46. The Labute approximate surface area is 143 Å². The topological polar surface area (TPSA) is 21.7 Å². The molecule has 0 aromatic heterocycles. The zero-order valence-corrected chi connectivity index (χ0v) is 14.2. The van der Waals surface area contributed by atoms with Gasteiger partial charge in [-0.15, -0.1) is 0 Å². The number of hydrogen-bond donors (Lipinski definition) is 0. The first-order chi connectivity index (χ1) is 10.8. The van der Waals surface area contributed by atoms with Gasteiger partial charge in [-0.1, -0.05) is 18.2 Å². The largest absolute Gasteiger partial charge is 0.486 e. The highest BCUT2D eigenvalue weighted by atomic mass is 127. The number of benzene rings is 2. The number of fused-ring (bicyclic) bond motifs is 2. The molecule has 0 saturated heterocycles. The highest BCUT2D eigenvalue weighted by Gasteiger charge is 2.15. The minimum Gasteiger partial charge on any atom is -0.486 e. The van der Waals surface area contributed by atoms with E-state index in [1.165, 1.54) is 20.3 Å². The average molecular weight is 405 g/mol. The molecule has 0 N–H and O–H groups in total. The fourth-order valence-electron chi connectivity index (χ4n) is 2.89. The maximum absolute atomic E-state index is 5.66. The molecule has 4 rings (SSSR count). The van der Waals surface area contributed by atoms with Gasteiger partial charge in [0.2, 0.25) is 0 Å². The van der Waals surface area contributed by atoms with Gasteiger partial charge in [-0.25, -0.2) is 0 Å². The number of halogens is 1. The van der Waals surface area contributed by atoms with Crippen LogP contribution < -0.4 is 9.47 Å². The third kappa shape index (κ3) is 2.67. The summed E-state index contributed by atoms with van der Waals surface area (Å²) in [6, 6.07) is 12.7. The van der Waals surface area contributed by atoms with Crippen molar-refractivity contribution in [3.8, 4) is 11.5 Å². The molecular weight excluding hydrogens is 389 g/mol. The molecule has 2 aromatic rings. The summed E-state index contributed by atoms with van der Waals surface area (Å²) in [6.45, 7) is 3.08. The average Bonchev–Trinajstić information content (AvgIpc) is 2.55. The standard InChI is InChI=1S/C18H16INO2/c19-16-3-1-2-14-12-20(7-6-15(14)16)11-13-4-5-17-18(10-13)22-9-8-21-17/h1-7,10H,8-9,11-12H2. The van der Waals surface area contributed by atoms with Gasteiger partial charge in [0.25, 0.3) is 0 Å². The lowest BCUT2D eigenvalue weighted by Gasteiger charge is -2.26. The predicted octanol–water partition coefficient (Wildman–Crippen LogP) is 4.05. The van der Waals surface area contributed by atoms with Crippen LogP contribution >= 0.6 is 22.6 Å². The molecule has 0 bridgehead atoms. The number of rotatable bonds is 2. The molecule has 2 aliphatic heterocycles. The van der Waals surface area contributed by atoms with Crippen LogP contribution in [0.2, 0.25) is 0 Å². The number of ether oxygens (including phenoxy) is 2. The van der Waals surface area contributed by atoms with Crippen LogP contribution in [0.5, 0.6) is 11.5 Å². The van der Waals surface area contributed by atoms with E-state index in [-0.39, 0.29) is 0 Å². The molecule has 2 aromatic carbocycles. The predicted molar refractivity (Wildman–Crippen MR) is 94.9 cm³/mol. The lowest BCUT2D eigenvalue weighted by molar-refractivity contribution is 0.171. The lowest BCUT2D eigenvalue weighted by Crippen LogP contribution is -2.20. The molecule has 0 radical (unpaired) electrons. The van der Waals surface area contributed by atoms with Crippen LogP contribution in [-0.4, -0.2) is 18.1 Å². The van der Waals surface area contributed by atoms with Gasteiger partial charge in [0, 0.05) is 22.9 Å². The Kier molecular flexibility index (Phi) is 3.70. The van der Waals surface area contributed by atoms with Gasteiger partial charge in [-0.05, 0) is 63.6 Å². The molecule has 4 heteroatoms. The van der Waals surface area contributed by atoms with Crippen LogP contribution in [0.1, 0.15) is 16.7 Å². The van der Waals surface area contributed by atoms with Gasteiger partial charge in [0.05, 0.1) is 0 Å². The van der Waals surface area contributed by atoms with E-state index in [4.69, 9.17) is 9.47 Å². The Morgan fingerprint density at radius 1 is 1.05 bits per heavy atom. The van der Waals surface area contributed by atoms with E-state index >= 15 is 0 Å². The molecule has 22 heavy (non-hydrogen) atoms.